The molecule has 2 heterocycles. The van der Waals surface area contributed by atoms with Crippen molar-refractivity contribution in [2.24, 2.45) is 0 Å². The summed E-state index contributed by atoms with van der Waals surface area (Å²) in [5, 5.41) is 10.0. The second-order valence-electron chi connectivity index (χ2n) is 5.05. The van der Waals surface area contributed by atoms with Crippen LogP contribution in [0.15, 0.2) is 41.2 Å². The smallest absolute Gasteiger partial charge is 0.274 e. The monoisotopic (exact) mass is 354 g/mol. The zero-order valence-electron chi connectivity index (χ0n) is 12.2. The summed E-state index contributed by atoms with van der Waals surface area (Å²) >= 11 is 6.27. The van der Waals surface area contributed by atoms with E-state index in [4.69, 9.17) is 11.6 Å². The molecule has 1 unspecified atom stereocenters. The highest BCUT2D eigenvalue weighted by Crippen LogP contribution is 2.29. The fourth-order valence-electron chi connectivity index (χ4n) is 2.58. The van der Waals surface area contributed by atoms with Gasteiger partial charge in [0.15, 0.2) is 0 Å². The van der Waals surface area contributed by atoms with E-state index in [1.165, 1.54) is 12.1 Å². The van der Waals surface area contributed by atoms with Crippen molar-refractivity contribution in [2.45, 2.75) is 6.04 Å². The molecule has 2 N–H and O–H groups in total. The van der Waals surface area contributed by atoms with Gasteiger partial charge < -0.3 is 10.2 Å². The van der Waals surface area contributed by atoms with Crippen molar-refractivity contribution < 1.29 is 4.79 Å². The Balaban J connectivity index is 0.00000192. The van der Waals surface area contributed by atoms with E-state index in [-0.39, 0.29) is 35.6 Å². The van der Waals surface area contributed by atoms with Crippen LogP contribution in [0.3, 0.4) is 0 Å². The predicted octanol–water partition coefficient (Wildman–Crippen LogP) is 1.63. The zero-order valence-corrected chi connectivity index (χ0v) is 13.7. The van der Waals surface area contributed by atoms with Gasteiger partial charge in [0, 0.05) is 30.7 Å². The van der Waals surface area contributed by atoms with Crippen LogP contribution in [0.2, 0.25) is 5.02 Å². The van der Waals surface area contributed by atoms with Crippen molar-refractivity contribution in [1.82, 2.24) is 20.4 Å². The zero-order chi connectivity index (χ0) is 15.5. The second-order valence-corrected chi connectivity index (χ2v) is 5.45. The maximum atomic E-state index is 12.7. The van der Waals surface area contributed by atoms with E-state index in [9.17, 15) is 9.59 Å². The number of carbonyl (C=O) groups excluding carboxylic acids is 1. The molecule has 1 amide bonds. The highest BCUT2D eigenvalue weighted by atomic mass is 35.5. The van der Waals surface area contributed by atoms with Crippen LogP contribution in [-0.4, -0.2) is 40.6 Å². The molecule has 1 aromatic carbocycles. The SMILES string of the molecule is Cl.O=C(c1ccc(=O)[nH]n1)N1CCNCC1c1ccccc1Cl. The van der Waals surface area contributed by atoms with Gasteiger partial charge in [0.25, 0.3) is 11.5 Å². The lowest BCUT2D eigenvalue weighted by atomic mass is 10.0. The minimum absolute atomic E-state index is 0. The van der Waals surface area contributed by atoms with Crippen LogP contribution in [0.4, 0.5) is 0 Å². The summed E-state index contributed by atoms with van der Waals surface area (Å²) in [5.74, 6) is -0.220. The maximum Gasteiger partial charge on any atom is 0.274 e. The summed E-state index contributed by atoms with van der Waals surface area (Å²) in [7, 11) is 0. The number of halogens is 2. The minimum atomic E-state index is -0.334. The molecule has 0 aliphatic carbocycles. The summed E-state index contributed by atoms with van der Waals surface area (Å²) in [4.78, 5) is 25.5. The molecule has 1 aromatic heterocycles. The van der Waals surface area contributed by atoms with Gasteiger partial charge >= 0.3 is 0 Å². The van der Waals surface area contributed by atoms with Crippen LogP contribution in [0.1, 0.15) is 22.1 Å². The van der Waals surface area contributed by atoms with E-state index in [0.29, 0.717) is 24.7 Å². The number of aromatic amines is 1. The highest BCUT2D eigenvalue weighted by Gasteiger charge is 2.30. The molecule has 1 aliphatic heterocycles. The van der Waals surface area contributed by atoms with Crippen LogP contribution < -0.4 is 10.9 Å². The van der Waals surface area contributed by atoms with E-state index in [1.54, 1.807) is 4.90 Å². The van der Waals surface area contributed by atoms with Crippen molar-refractivity contribution in [3.8, 4) is 0 Å². The lowest BCUT2D eigenvalue weighted by Crippen LogP contribution is -2.49. The van der Waals surface area contributed by atoms with Gasteiger partial charge in [0.1, 0.15) is 5.69 Å². The van der Waals surface area contributed by atoms with Gasteiger partial charge in [-0.05, 0) is 17.7 Å². The van der Waals surface area contributed by atoms with E-state index in [1.807, 2.05) is 24.3 Å². The molecule has 6 nitrogen and oxygen atoms in total. The molecule has 122 valence electrons. The number of hydrogen-bond acceptors (Lipinski definition) is 4. The van der Waals surface area contributed by atoms with Gasteiger partial charge in [-0.1, -0.05) is 29.8 Å². The standard InChI is InChI=1S/C15H15ClN4O2.ClH/c16-11-4-2-1-3-10(11)13-9-17-7-8-20(13)15(22)12-5-6-14(21)19-18-12;/h1-6,13,17H,7-9H2,(H,19,21);1H. The Bertz CT molecular complexity index is 730. The lowest BCUT2D eigenvalue weighted by Gasteiger charge is -2.36. The average molecular weight is 355 g/mol. The van der Waals surface area contributed by atoms with E-state index >= 15 is 0 Å². The number of piperazine rings is 1. The Hall–Kier alpha value is -1.89. The molecule has 3 rings (SSSR count). The molecule has 1 atom stereocenters. The third kappa shape index (κ3) is 3.72. The Morgan fingerprint density at radius 3 is 2.74 bits per heavy atom. The third-order valence-corrected chi connectivity index (χ3v) is 4.01. The van der Waals surface area contributed by atoms with Gasteiger partial charge in [0.05, 0.1) is 6.04 Å². The Labute approximate surface area is 144 Å². The number of benzene rings is 1. The van der Waals surface area contributed by atoms with Crippen molar-refractivity contribution >= 4 is 29.9 Å². The van der Waals surface area contributed by atoms with Crippen LogP contribution in [0.5, 0.6) is 0 Å². The summed E-state index contributed by atoms with van der Waals surface area (Å²) < 4.78 is 0. The van der Waals surface area contributed by atoms with Gasteiger partial charge in [-0.3, -0.25) is 9.59 Å². The summed E-state index contributed by atoms with van der Waals surface area (Å²) in [6, 6.07) is 10.1. The van der Waals surface area contributed by atoms with E-state index in [2.05, 4.69) is 15.5 Å². The fraction of sp³-hybridized carbons (Fsp3) is 0.267. The number of nitrogens with one attached hydrogen (secondary N) is 2. The number of nitrogens with zero attached hydrogens (tertiary/aromatic N) is 2. The first-order valence-corrected chi connectivity index (χ1v) is 7.36. The summed E-state index contributed by atoms with van der Waals surface area (Å²) in [5.41, 5.74) is 0.784. The van der Waals surface area contributed by atoms with Gasteiger partial charge in [-0.2, -0.15) is 5.10 Å². The number of carbonyl (C=O) groups is 1. The number of hydrogen-bond donors (Lipinski definition) is 2. The fourth-order valence-corrected chi connectivity index (χ4v) is 2.84. The van der Waals surface area contributed by atoms with Crippen molar-refractivity contribution in [1.29, 1.82) is 0 Å². The highest BCUT2D eigenvalue weighted by molar-refractivity contribution is 6.31. The van der Waals surface area contributed by atoms with Crippen LogP contribution in [0, 0.1) is 0 Å². The first-order valence-electron chi connectivity index (χ1n) is 6.98. The Kier molecular flexibility index (Phi) is 5.76. The first kappa shape index (κ1) is 17.5. The van der Waals surface area contributed by atoms with Crippen molar-refractivity contribution in [3.05, 3.63) is 63.0 Å². The molecule has 2 aromatic rings. The van der Waals surface area contributed by atoms with Crippen molar-refractivity contribution in [2.75, 3.05) is 19.6 Å². The van der Waals surface area contributed by atoms with Gasteiger partial charge in [0.2, 0.25) is 0 Å². The quantitative estimate of drug-likeness (QED) is 0.859. The Morgan fingerprint density at radius 2 is 2.04 bits per heavy atom. The van der Waals surface area contributed by atoms with E-state index in [0.717, 1.165) is 5.56 Å². The number of rotatable bonds is 2. The Morgan fingerprint density at radius 1 is 1.26 bits per heavy atom. The number of amides is 1. The molecular weight excluding hydrogens is 339 g/mol. The largest absolute Gasteiger partial charge is 0.328 e. The molecule has 1 saturated heterocycles. The maximum absolute atomic E-state index is 12.7. The van der Waals surface area contributed by atoms with Crippen molar-refractivity contribution in [3.63, 3.8) is 0 Å². The summed E-state index contributed by atoms with van der Waals surface area (Å²) in [6.45, 7) is 1.88. The molecule has 1 fully saturated rings. The first-order chi connectivity index (χ1) is 10.7. The normalized spacial score (nSPS) is 17.4. The van der Waals surface area contributed by atoms with Gasteiger partial charge in [-0.15, -0.1) is 12.4 Å². The van der Waals surface area contributed by atoms with Crippen LogP contribution in [0.25, 0.3) is 0 Å². The molecule has 0 saturated carbocycles. The average Bonchev–Trinajstić information content (AvgIpc) is 2.55. The van der Waals surface area contributed by atoms with E-state index < -0.39 is 0 Å². The second kappa shape index (κ2) is 7.59. The molecule has 0 radical (unpaired) electrons. The lowest BCUT2D eigenvalue weighted by molar-refractivity contribution is 0.0627. The predicted molar refractivity (Wildman–Crippen MR) is 90.2 cm³/mol. The minimum Gasteiger partial charge on any atom is -0.328 e. The third-order valence-electron chi connectivity index (χ3n) is 3.67. The molecule has 0 bridgehead atoms. The molecule has 0 spiro atoms. The molecule has 1 aliphatic rings. The van der Waals surface area contributed by atoms with Gasteiger partial charge in [-0.25, -0.2) is 5.10 Å². The van der Waals surface area contributed by atoms with Crippen LogP contribution in [-0.2, 0) is 0 Å². The number of aromatic nitrogens is 2. The molecule has 8 heteroatoms. The molecule has 23 heavy (non-hydrogen) atoms. The number of H-pyrrole nitrogens is 1. The summed E-state index contributed by atoms with van der Waals surface area (Å²) in [6.07, 6.45) is 0. The topological polar surface area (TPSA) is 78.1 Å². The van der Waals surface area contributed by atoms with Crippen LogP contribution >= 0.6 is 24.0 Å². The molecular formula is C15H16Cl2N4O2.